The summed E-state index contributed by atoms with van der Waals surface area (Å²) in [6.45, 7) is 1.88. The summed E-state index contributed by atoms with van der Waals surface area (Å²) in [5.74, 6) is -0.315. The Hall–Kier alpha value is -2.23. The molecule has 3 nitrogen and oxygen atoms in total. The van der Waals surface area contributed by atoms with Crippen molar-refractivity contribution in [2.45, 2.75) is 25.2 Å². The molecule has 1 amide bonds. The Bertz CT molecular complexity index is 648. The molecule has 1 aliphatic carbocycles. The van der Waals surface area contributed by atoms with Crippen molar-refractivity contribution in [2.24, 2.45) is 0 Å². The summed E-state index contributed by atoms with van der Waals surface area (Å²) in [4.78, 5) is 16.6. The molecule has 1 aliphatic rings. The van der Waals surface area contributed by atoms with Crippen molar-refractivity contribution < 1.29 is 9.18 Å². The topological polar surface area (TPSA) is 42.0 Å². The van der Waals surface area contributed by atoms with Crippen LogP contribution in [0.4, 0.5) is 10.1 Å². The van der Waals surface area contributed by atoms with E-state index in [1.807, 2.05) is 13.0 Å². The number of halogens is 1. The van der Waals surface area contributed by atoms with E-state index < -0.39 is 5.41 Å². The van der Waals surface area contributed by atoms with Crippen molar-refractivity contribution in [3.63, 3.8) is 0 Å². The first-order valence-corrected chi connectivity index (χ1v) is 6.60. The maximum Gasteiger partial charge on any atom is 0.235 e. The minimum absolute atomic E-state index is 0.0327. The van der Waals surface area contributed by atoms with Crippen LogP contribution in [0, 0.1) is 12.7 Å². The Balaban J connectivity index is 1.81. The molecular formula is C16H15FN2O. The monoisotopic (exact) mass is 270 g/mol. The molecule has 102 valence electrons. The van der Waals surface area contributed by atoms with Crippen LogP contribution in [0.1, 0.15) is 24.1 Å². The van der Waals surface area contributed by atoms with Crippen molar-refractivity contribution in [2.75, 3.05) is 5.32 Å². The van der Waals surface area contributed by atoms with E-state index in [-0.39, 0.29) is 11.7 Å². The molecule has 3 rings (SSSR count). The number of benzene rings is 1. The Morgan fingerprint density at radius 3 is 2.55 bits per heavy atom. The molecule has 0 atom stereocenters. The van der Waals surface area contributed by atoms with Crippen LogP contribution < -0.4 is 5.32 Å². The van der Waals surface area contributed by atoms with Crippen molar-refractivity contribution in [1.82, 2.24) is 4.98 Å². The predicted octanol–water partition coefficient (Wildman–Crippen LogP) is 3.20. The van der Waals surface area contributed by atoms with Gasteiger partial charge in [-0.05, 0) is 49.6 Å². The van der Waals surface area contributed by atoms with Crippen LogP contribution in [-0.2, 0) is 10.2 Å². The zero-order valence-corrected chi connectivity index (χ0v) is 11.2. The third-order valence-electron chi connectivity index (χ3n) is 3.74. The van der Waals surface area contributed by atoms with E-state index in [1.165, 1.54) is 12.1 Å². The summed E-state index contributed by atoms with van der Waals surface area (Å²) in [6.07, 6.45) is 3.27. The number of rotatable bonds is 3. The zero-order chi connectivity index (χ0) is 14.2. The van der Waals surface area contributed by atoms with Gasteiger partial charge in [-0.2, -0.15) is 0 Å². The van der Waals surface area contributed by atoms with E-state index >= 15 is 0 Å². The lowest BCUT2D eigenvalue weighted by Gasteiger charge is -2.16. The Morgan fingerprint density at radius 2 is 1.95 bits per heavy atom. The van der Waals surface area contributed by atoms with E-state index in [4.69, 9.17) is 0 Å². The highest BCUT2D eigenvalue weighted by atomic mass is 19.1. The third kappa shape index (κ3) is 2.29. The van der Waals surface area contributed by atoms with Gasteiger partial charge >= 0.3 is 0 Å². The highest BCUT2D eigenvalue weighted by Crippen LogP contribution is 2.49. The number of hydrogen-bond donors (Lipinski definition) is 1. The molecule has 1 fully saturated rings. The maximum absolute atomic E-state index is 13.0. The van der Waals surface area contributed by atoms with Gasteiger partial charge in [0.25, 0.3) is 0 Å². The molecule has 1 saturated carbocycles. The minimum atomic E-state index is -0.495. The molecule has 0 radical (unpaired) electrons. The number of aromatic nitrogens is 1. The Labute approximate surface area is 116 Å². The summed E-state index contributed by atoms with van der Waals surface area (Å²) in [7, 11) is 0. The Morgan fingerprint density at radius 1 is 1.25 bits per heavy atom. The smallest absolute Gasteiger partial charge is 0.235 e. The van der Waals surface area contributed by atoms with Crippen molar-refractivity contribution in [3.8, 4) is 0 Å². The predicted molar refractivity (Wildman–Crippen MR) is 74.9 cm³/mol. The third-order valence-corrected chi connectivity index (χ3v) is 3.74. The van der Waals surface area contributed by atoms with Crippen molar-refractivity contribution in [3.05, 3.63) is 59.7 Å². The fraction of sp³-hybridized carbons (Fsp3) is 0.250. The van der Waals surface area contributed by atoms with Crippen LogP contribution in [0.15, 0.2) is 42.6 Å². The van der Waals surface area contributed by atoms with Gasteiger partial charge in [0, 0.05) is 17.6 Å². The summed E-state index contributed by atoms with van der Waals surface area (Å²) >= 11 is 0. The van der Waals surface area contributed by atoms with Gasteiger partial charge in [-0.3, -0.25) is 9.78 Å². The second-order valence-electron chi connectivity index (χ2n) is 5.23. The van der Waals surface area contributed by atoms with Gasteiger partial charge in [0.15, 0.2) is 0 Å². The highest BCUT2D eigenvalue weighted by Gasteiger charge is 2.51. The van der Waals surface area contributed by atoms with Gasteiger partial charge in [-0.25, -0.2) is 4.39 Å². The van der Waals surface area contributed by atoms with Crippen molar-refractivity contribution >= 4 is 11.6 Å². The summed E-state index contributed by atoms with van der Waals surface area (Å²) < 4.78 is 13.0. The molecule has 4 heteroatoms. The molecule has 1 aromatic heterocycles. The second kappa shape index (κ2) is 4.71. The second-order valence-corrected chi connectivity index (χ2v) is 5.23. The number of nitrogens with one attached hydrogen (secondary N) is 1. The molecule has 0 aliphatic heterocycles. The quantitative estimate of drug-likeness (QED) is 0.930. The Kier molecular flexibility index (Phi) is 3.01. The fourth-order valence-electron chi connectivity index (χ4n) is 2.41. The van der Waals surface area contributed by atoms with Crippen LogP contribution in [0.5, 0.6) is 0 Å². The normalized spacial score (nSPS) is 15.7. The van der Waals surface area contributed by atoms with Gasteiger partial charge in [-0.15, -0.1) is 0 Å². The number of aryl methyl sites for hydroxylation is 1. The zero-order valence-electron chi connectivity index (χ0n) is 11.2. The minimum Gasteiger partial charge on any atom is -0.325 e. The molecule has 20 heavy (non-hydrogen) atoms. The van der Waals surface area contributed by atoms with Gasteiger partial charge in [0.05, 0.1) is 5.41 Å². The molecule has 1 aromatic carbocycles. The first-order valence-electron chi connectivity index (χ1n) is 6.60. The van der Waals surface area contributed by atoms with Gasteiger partial charge < -0.3 is 5.32 Å². The molecule has 1 N–H and O–H groups in total. The largest absolute Gasteiger partial charge is 0.325 e. The number of amides is 1. The molecule has 0 bridgehead atoms. The van der Waals surface area contributed by atoms with E-state index in [2.05, 4.69) is 10.3 Å². The fourth-order valence-corrected chi connectivity index (χ4v) is 2.41. The van der Waals surface area contributed by atoms with E-state index in [9.17, 15) is 9.18 Å². The molecule has 1 heterocycles. The van der Waals surface area contributed by atoms with Gasteiger partial charge in [0.2, 0.25) is 5.91 Å². The summed E-state index contributed by atoms with van der Waals surface area (Å²) in [5, 5.41) is 2.93. The van der Waals surface area contributed by atoms with Crippen LogP contribution in [0.25, 0.3) is 0 Å². The lowest BCUT2D eigenvalue weighted by molar-refractivity contribution is -0.118. The molecule has 0 spiro atoms. The van der Waals surface area contributed by atoms with Crippen LogP contribution in [0.3, 0.4) is 0 Å². The lowest BCUT2D eigenvalue weighted by atomic mass is 9.95. The number of pyridine rings is 1. The molecule has 2 aromatic rings. The first kappa shape index (κ1) is 12.8. The SMILES string of the molecule is Cc1cc(NC(=O)C2(c3ccc(F)cc3)CC2)ccn1. The standard InChI is InChI=1S/C16H15FN2O/c1-11-10-14(6-9-18-11)19-15(20)16(7-8-16)12-2-4-13(17)5-3-12/h2-6,9-10H,7-8H2,1H3,(H,18,19,20). The maximum atomic E-state index is 13.0. The number of nitrogens with zero attached hydrogens (tertiary/aromatic N) is 1. The first-order chi connectivity index (χ1) is 9.60. The number of carbonyl (C=O) groups excluding carboxylic acids is 1. The van der Waals surface area contributed by atoms with E-state index in [0.29, 0.717) is 0 Å². The van der Waals surface area contributed by atoms with E-state index in [0.717, 1.165) is 29.8 Å². The van der Waals surface area contributed by atoms with E-state index in [1.54, 1.807) is 24.4 Å². The summed E-state index contributed by atoms with van der Waals surface area (Å²) in [6, 6.07) is 9.79. The number of carbonyl (C=O) groups is 1. The summed E-state index contributed by atoms with van der Waals surface area (Å²) in [5.41, 5.74) is 1.98. The van der Waals surface area contributed by atoms with Gasteiger partial charge in [-0.1, -0.05) is 12.1 Å². The number of anilines is 1. The van der Waals surface area contributed by atoms with Crippen LogP contribution in [0.2, 0.25) is 0 Å². The van der Waals surface area contributed by atoms with Crippen LogP contribution in [-0.4, -0.2) is 10.9 Å². The molecule has 0 saturated heterocycles. The average molecular weight is 270 g/mol. The van der Waals surface area contributed by atoms with Crippen molar-refractivity contribution in [1.29, 1.82) is 0 Å². The number of hydrogen-bond acceptors (Lipinski definition) is 2. The molecular weight excluding hydrogens is 255 g/mol. The molecule has 0 unspecified atom stereocenters. The highest BCUT2D eigenvalue weighted by molar-refractivity contribution is 6.01. The lowest BCUT2D eigenvalue weighted by Crippen LogP contribution is -2.27. The van der Waals surface area contributed by atoms with Gasteiger partial charge in [0.1, 0.15) is 5.82 Å². The average Bonchev–Trinajstić information content (AvgIpc) is 3.21. The van der Waals surface area contributed by atoms with Crippen LogP contribution >= 0.6 is 0 Å².